The number of hydrogen-bond acceptors (Lipinski definition) is 3. The Bertz CT molecular complexity index is 704. The Hall–Kier alpha value is -1.53. The summed E-state index contributed by atoms with van der Waals surface area (Å²) in [6, 6.07) is 5.06. The molecular weight excluding hydrogens is 274 g/mol. The van der Waals surface area contributed by atoms with Gasteiger partial charge in [-0.1, -0.05) is 13.8 Å². The topological polar surface area (TPSA) is 88.0 Å². The molecular formula is C14H21N3O2S. The summed E-state index contributed by atoms with van der Waals surface area (Å²) in [5.41, 5.74) is 7.02. The number of H-pyrrole nitrogens is 1. The fourth-order valence-electron chi connectivity index (χ4n) is 2.42. The van der Waals surface area contributed by atoms with Crippen molar-refractivity contribution < 1.29 is 8.42 Å². The quantitative estimate of drug-likeness (QED) is 0.740. The van der Waals surface area contributed by atoms with Crippen molar-refractivity contribution in [3.05, 3.63) is 24.4 Å². The highest BCUT2D eigenvalue weighted by Crippen LogP contribution is 2.24. The molecule has 1 aromatic carbocycles. The number of benzene rings is 1. The maximum Gasteiger partial charge on any atom is 0.242 e. The van der Waals surface area contributed by atoms with Crippen LogP contribution in [0.25, 0.3) is 10.9 Å². The smallest absolute Gasteiger partial charge is 0.242 e. The van der Waals surface area contributed by atoms with E-state index in [1.54, 1.807) is 18.2 Å². The van der Waals surface area contributed by atoms with Gasteiger partial charge in [-0.2, -0.15) is 0 Å². The highest BCUT2D eigenvalue weighted by molar-refractivity contribution is 7.89. The van der Waals surface area contributed by atoms with Crippen LogP contribution in [-0.2, 0) is 10.0 Å². The molecule has 1 aromatic heterocycles. The molecule has 1 unspecified atom stereocenters. The largest absolute Gasteiger partial charge is 0.399 e. The van der Waals surface area contributed by atoms with E-state index in [-0.39, 0.29) is 10.9 Å². The zero-order valence-electron chi connectivity index (χ0n) is 12.0. The van der Waals surface area contributed by atoms with Crippen LogP contribution in [0.1, 0.15) is 27.2 Å². The second kappa shape index (κ2) is 5.46. The van der Waals surface area contributed by atoms with E-state index < -0.39 is 10.0 Å². The Morgan fingerprint density at radius 2 is 2.00 bits per heavy atom. The first-order valence-electron chi connectivity index (χ1n) is 6.68. The van der Waals surface area contributed by atoms with E-state index in [0.717, 1.165) is 11.9 Å². The maximum absolute atomic E-state index is 12.4. The maximum atomic E-state index is 12.4. The number of hydrogen-bond donors (Lipinski definition) is 3. The molecule has 4 N–H and O–H groups in total. The van der Waals surface area contributed by atoms with E-state index >= 15 is 0 Å². The molecule has 0 aliphatic heterocycles. The minimum atomic E-state index is -3.52. The number of nitrogens with one attached hydrogen (secondary N) is 2. The van der Waals surface area contributed by atoms with Gasteiger partial charge >= 0.3 is 0 Å². The Kier molecular flexibility index (Phi) is 4.06. The lowest BCUT2D eigenvalue weighted by molar-refractivity contribution is 0.483. The molecule has 1 atom stereocenters. The predicted molar refractivity (Wildman–Crippen MR) is 81.9 cm³/mol. The van der Waals surface area contributed by atoms with Crippen molar-refractivity contribution in [3.8, 4) is 0 Å². The van der Waals surface area contributed by atoms with Gasteiger partial charge < -0.3 is 10.7 Å². The standard InChI is InChI=1S/C14H21N3O2S/c1-9(2)6-10(3)17-20(18,19)14-8-16-13-7-11(15)4-5-12(13)14/h4-5,7-10,16-17H,6,15H2,1-3H3. The number of rotatable bonds is 5. The lowest BCUT2D eigenvalue weighted by Crippen LogP contribution is -2.33. The van der Waals surface area contributed by atoms with Gasteiger partial charge in [0.25, 0.3) is 0 Å². The number of nitrogens with two attached hydrogens (primary N) is 1. The minimum Gasteiger partial charge on any atom is -0.399 e. The third-order valence-corrected chi connectivity index (χ3v) is 4.77. The molecule has 1 heterocycles. The van der Waals surface area contributed by atoms with Crippen molar-refractivity contribution in [1.82, 2.24) is 9.71 Å². The zero-order chi connectivity index (χ0) is 14.9. The molecule has 0 spiro atoms. The monoisotopic (exact) mass is 295 g/mol. The summed E-state index contributed by atoms with van der Waals surface area (Å²) in [6.07, 6.45) is 2.31. The zero-order valence-corrected chi connectivity index (χ0v) is 12.8. The van der Waals surface area contributed by atoms with Crippen LogP contribution in [0.15, 0.2) is 29.3 Å². The third-order valence-electron chi connectivity index (χ3n) is 3.14. The van der Waals surface area contributed by atoms with Crippen LogP contribution in [0.4, 0.5) is 5.69 Å². The van der Waals surface area contributed by atoms with Gasteiger partial charge in [-0.3, -0.25) is 0 Å². The average molecular weight is 295 g/mol. The molecule has 0 aliphatic rings. The summed E-state index contributed by atoms with van der Waals surface area (Å²) in [4.78, 5) is 3.22. The number of aromatic nitrogens is 1. The summed E-state index contributed by atoms with van der Waals surface area (Å²) in [5.74, 6) is 0.440. The fraction of sp³-hybridized carbons (Fsp3) is 0.429. The second-order valence-electron chi connectivity index (χ2n) is 5.61. The van der Waals surface area contributed by atoms with Crippen molar-refractivity contribution in [2.24, 2.45) is 5.92 Å². The highest BCUT2D eigenvalue weighted by Gasteiger charge is 2.21. The molecule has 0 radical (unpaired) electrons. The Morgan fingerprint density at radius 3 is 2.65 bits per heavy atom. The first kappa shape index (κ1) is 14.9. The van der Waals surface area contributed by atoms with Crippen LogP contribution in [0.3, 0.4) is 0 Å². The predicted octanol–water partition coefficient (Wildman–Crippen LogP) is 2.46. The van der Waals surface area contributed by atoms with Crippen LogP contribution in [-0.4, -0.2) is 19.4 Å². The number of anilines is 1. The Balaban J connectivity index is 2.32. The van der Waals surface area contributed by atoms with Crippen molar-refractivity contribution in [2.75, 3.05) is 5.73 Å². The van der Waals surface area contributed by atoms with Crippen LogP contribution < -0.4 is 10.5 Å². The van der Waals surface area contributed by atoms with E-state index in [1.165, 1.54) is 6.20 Å². The summed E-state index contributed by atoms with van der Waals surface area (Å²) in [5, 5.41) is 0.656. The minimum absolute atomic E-state index is 0.0984. The lowest BCUT2D eigenvalue weighted by atomic mass is 10.1. The second-order valence-corrected chi connectivity index (χ2v) is 7.29. The van der Waals surface area contributed by atoms with Gasteiger partial charge in [-0.15, -0.1) is 0 Å². The van der Waals surface area contributed by atoms with Gasteiger partial charge in [0.05, 0.1) is 0 Å². The molecule has 0 amide bonds. The van der Waals surface area contributed by atoms with Crippen molar-refractivity contribution in [3.63, 3.8) is 0 Å². The Morgan fingerprint density at radius 1 is 1.30 bits per heavy atom. The van der Waals surface area contributed by atoms with Crippen molar-refractivity contribution in [1.29, 1.82) is 0 Å². The number of nitrogen functional groups attached to an aromatic ring is 1. The van der Waals surface area contributed by atoms with Gasteiger partial charge in [-0.25, -0.2) is 13.1 Å². The van der Waals surface area contributed by atoms with E-state index in [9.17, 15) is 8.42 Å². The summed E-state index contributed by atoms with van der Waals surface area (Å²) >= 11 is 0. The van der Waals surface area contributed by atoms with Gasteiger partial charge in [0.1, 0.15) is 4.90 Å². The van der Waals surface area contributed by atoms with E-state index in [4.69, 9.17) is 5.73 Å². The average Bonchev–Trinajstić information content (AvgIpc) is 2.70. The summed E-state index contributed by atoms with van der Waals surface area (Å²) < 4.78 is 27.6. The molecule has 110 valence electrons. The van der Waals surface area contributed by atoms with Crippen LogP contribution in [0.5, 0.6) is 0 Å². The summed E-state index contributed by atoms with van der Waals surface area (Å²) in [7, 11) is -3.52. The van der Waals surface area contributed by atoms with E-state index in [1.807, 2.05) is 6.92 Å². The van der Waals surface area contributed by atoms with Gasteiger partial charge in [0.2, 0.25) is 10.0 Å². The molecule has 6 heteroatoms. The van der Waals surface area contributed by atoms with Crippen molar-refractivity contribution >= 4 is 26.6 Å². The fourth-order valence-corrected chi connectivity index (χ4v) is 3.86. The van der Waals surface area contributed by atoms with Crippen LogP contribution in [0, 0.1) is 5.92 Å². The van der Waals surface area contributed by atoms with Crippen LogP contribution in [0.2, 0.25) is 0 Å². The SMILES string of the molecule is CC(C)CC(C)NS(=O)(=O)c1c[nH]c2cc(N)ccc12. The number of sulfonamides is 1. The molecule has 5 nitrogen and oxygen atoms in total. The highest BCUT2D eigenvalue weighted by atomic mass is 32.2. The number of aromatic amines is 1. The van der Waals surface area contributed by atoms with Crippen LogP contribution >= 0.6 is 0 Å². The normalized spacial score (nSPS) is 14.0. The van der Waals surface area contributed by atoms with Gasteiger partial charge in [-0.05, 0) is 37.5 Å². The van der Waals surface area contributed by atoms with Crippen molar-refractivity contribution in [2.45, 2.75) is 38.1 Å². The molecule has 2 aromatic rings. The molecule has 2 rings (SSSR count). The van der Waals surface area contributed by atoms with E-state index in [0.29, 0.717) is 17.0 Å². The molecule has 0 fully saturated rings. The number of fused-ring (bicyclic) bond motifs is 1. The first-order valence-corrected chi connectivity index (χ1v) is 8.17. The third kappa shape index (κ3) is 3.13. The van der Waals surface area contributed by atoms with E-state index in [2.05, 4.69) is 23.6 Å². The molecule has 0 bridgehead atoms. The Labute approximate surface area is 119 Å². The molecule has 0 saturated heterocycles. The summed E-state index contributed by atoms with van der Waals surface area (Å²) in [6.45, 7) is 6.02. The first-order chi connectivity index (χ1) is 9.29. The lowest BCUT2D eigenvalue weighted by Gasteiger charge is -2.15. The molecule has 0 aliphatic carbocycles. The van der Waals surface area contributed by atoms with Gasteiger partial charge in [0, 0.05) is 28.8 Å². The molecule has 20 heavy (non-hydrogen) atoms. The molecule has 0 saturated carbocycles. The van der Waals surface area contributed by atoms with Gasteiger partial charge in [0.15, 0.2) is 0 Å².